The molecule has 0 atom stereocenters. The monoisotopic (exact) mass is 482 g/mol. The first-order chi connectivity index (χ1) is 17.0. The first-order valence-electron chi connectivity index (χ1n) is 11.0. The SMILES string of the molecule is COc1ccc(NC(=O)/C(C#N)=C/c2ccc(OCc3c(C)ccc4ccccc34)c(Cl)c2)cc1. The summed E-state index contributed by atoms with van der Waals surface area (Å²) >= 11 is 6.47. The van der Waals surface area contributed by atoms with E-state index in [1.165, 1.54) is 6.08 Å². The summed E-state index contributed by atoms with van der Waals surface area (Å²) in [6.45, 7) is 2.43. The smallest absolute Gasteiger partial charge is 0.266 e. The summed E-state index contributed by atoms with van der Waals surface area (Å²) in [4.78, 5) is 12.6. The molecule has 1 amide bonds. The second-order valence-corrected chi connectivity index (χ2v) is 8.32. The molecule has 0 unspecified atom stereocenters. The van der Waals surface area contributed by atoms with E-state index in [4.69, 9.17) is 21.1 Å². The number of amides is 1. The second kappa shape index (κ2) is 10.8. The Morgan fingerprint density at radius 2 is 1.83 bits per heavy atom. The Morgan fingerprint density at radius 1 is 1.06 bits per heavy atom. The van der Waals surface area contributed by atoms with Crippen molar-refractivity contribution in [1.29, 1.82) is 5.26 Å². The van der Waals surface area contributed by atoms with Crippen LogP contribution in [-0.4, -0.2) is 13.0 Å². The molecule has 0 bridgehead atoms. The quantitative estimate of drug-likeness (QED) is 0.229. The zero-order chi connectivity index (χ0) is 24.8. The van der Waals surface area contributed by atoms with Gasteiger partial charge in [-0.05, 0) is 71.3 Å². The van der Waals surface area contributed by atoms with Gasteiger partial charge in [-0.3, -0.25) is 4.79 Å². The van der Waals surface area contributed by atoms with Crippen molar-refractivity contribution in [3.8, 4) is 17.6 Å². The van der Waals surface area contributed by atoms with Gasteiger partial charge in [-0.1, -0.05) is 54.1 Å². The van der Waals surface area contributed by atoms with Crippen LogP contribution in [0.15, 0.2) is 84.4 Å². The number of anilines is 1. The molecule has 0 aromatic heterocycles. The molecule has 0 heterocycles. The minimum atomic E-state index is -0.513. The highest BCUT2D eigenvalue weighted by atomic mass is 35.5. The van der Waals surface area contributed by atoms with Crippen LogP contribution in [0.2, 0.25) is 5.02 Å². The van der Waals surface area contributed by atoms with E-state index in [9.17, 15) is 10.1 Å². The number of ether oxygens (including phenoxy) is 2. The highest BCUT2D eigenvalue weighted by Gasteiger charge is 2.12. The predicted molar refractivity (Wildman–Crippen MR) is 140 cm³/mol. The van der Waals surface area contributed by atoms with Crippen molar-refractivity contribution in [3.05, 3.63) is 106 Å². The molecular formula is C29H23ClN2O3. The van der Waals surface area contributed by atoms with Crippen LogP contribution in [0.25, 0.3) is 16.8 Å². The van der Waals surface area contributed by atoms with Crippen molar-refractivity contribution in [3.63, 3.8) is 0 Å². The lowest BCUT2D eigenvalue weighted by atomic mass is 10.0. The van der Waals surface area contributed by atoms with Gasteiger partial charge in [0.2, 0.25) is 0 Å². The third-order valence-electron chi connectivity index (χ3n) is 5.63. The minimum absolute atomic E-state index is 0.0445. The van der Waals surface area contributed by atoms with E-state index in [0.717, 1.165) is 21.9 Å². The normalized spacial score (nSPS) is 11.1. The third-order valence-corrected chi connectivity index (χ3v) is 5.92. The minimum Gasteiger partial charge on any atom is -0.497 e. The number of hydrogen-bond donors (Lipinski definition) is 1. The number of carbonyl (C=O) groups excluding carboxylic acids is 1. The zero-order valence-corrected chi connectivity index (χ0v) is 20.1. The van der Waals surface area contributed by atoms with Gasteiger partial charge >= 0.3 is 0 Å². The van der Waals surface area contributed by atoms with Gasteiger partial charge in [0.25, 0.3) is 5.91 Å². The fraction of sp³-hybridized carbons (Fsp3) is 0.103. The van der Waals surface area contributed by atoms with Crippen molar-refractivity contribution in [2.75, 3.05) is 12.4 Å². The molecule has 0 radical (unpaired) electrons. The van der Waals surface area contributed by atoms with Gasteiger partial charge < -0.3 is 14.8 Å². The molecule has 6 heteroatoms. The molecule has 174 valence electrons. The summed E-state index contributed by atoms with van der Waals surface area (Å²) in [6, 6.07) is 26.3. The second-order valence-electron chi connectivity index (χ2n) is 7.91. The van der Waals surface area contributed by atoms with E-state index in [-0.39, 0.29) is 5.57 Å². The average molecular weight is 483 g/mol. The molecule has 35 heavy (non-hydrogen) atoms. The van der Waals surface area contributed by atoms with Crippen molar-refractivity contribution in [2.45, 2.75) is 13.5 Å². The first kappa shape index (κ1) is 23.9. The molecule has 4 rings (SSSR count). The Labute approximate surface area is 209 Å². The number of nitriles is 1. The molecule has 0 spiro atoms. The van der Waals surface area contributed by atoms with Gasteiger partial charge in [0.1, 0.15) is 29.7 Å². The molecule has 0 saturated heterocycles. The summed E-state index contributed by atoms with van der Waals surface area (Å²) in [5.74, 6) is 0.685. The lowest BCUT2D eigenvalue weighted by molar-refractivity contribution is -0.112. The highest BCUT2D eigenvalue weighted by Crippen LogP contribution is 2.29. The summed E-state index contributed by atoms with van der Waals surface area (Å²) in [5, 5.41) is 14.9. The van der Waals surface area contributed by atoms with Gasteiger partial charge in [0, 0.05) is 11.3 Å². The van der Waals surface area contributed by atoms with Crippen molar-refractivity contribution >= 4 is 40.0 Å². The van der Waals surface area contributed by atoms with E-state index in [0.29, 0.717) is 34.4 Å². The largest absolute Gasteiger partial charge is 0.497 e. The maximum absolute atomic E-state index is 12.6. The van der Waals surface area contributed by atoms with Crippen LogP contribution in [0.5, 0.6) is 11.5 Å². The summed E-state index contributed by atoms with van der Waals surface area (Å²) in [6.07, 6.45) is 1.49. The van der Waals surface area contributed by atoms with E-state index in [1.54, 1.807) is 49.6 Å². The molecule has 0 aliphatic heterocycles. The van der Waals surface area contributed by atoms with E-state index >= 15 is 0 Å². The number of rotatable bonds is 7. The number of hydrogen-bond acceptors (Lipinski definition) is 4. The van der Waals surface area contributed by atoms with Crippen LogP contribution in [-0.2, 0) is 11.4 Å². The number of fused-ring (bicyclic) bond motifs is 1. The Bertz CT molecular complexity index is 1450. The maximum Gasteiger partial charge on any atom is 0.266 e. The van der Waals surface area contributed by atoms with Crippen molar-refractivity contribution < 1.29 is 14.3 Å². The summed E-state index contributed by atoms with van der Waals surface area (Å²) in [5.41, 5.74) is 3.37. The van der Waals surface area contributed by atoms with Crippen LogP contribution >= 0.6 is 11.6 Å². The fourth-order valence-electron chi connectivity index (χ4n) is 3.70. The van der Waals surface area contributed by atoms with E-state index in [2.05, 4.69) is 36.5 Å². The molecule has 0 saturated carbocycles. The van der Waals surface area contributed by atoms with Crippen molar-refractivity contribution in [2.24, 2.45) is 0 Å². The Morgan fingerprint density at radius 3 is 2.54 bits per heavy atom. The molecular weight excluding hydrogens is 460 g/mol. The molecule has 0 fully saturated rings. The number of nitrogens with zero attached hydrogens (tertiary/aromatic N) is 1. The van der Waals surface area contributed by atoms with Crippen LogP contribution < -0.4 is 14.8 Å². The van der Waals surface area contributed by atoms with E-state index in [1.807, 2.05) is 18.2 Å². The number of halogens is 1. The standard InChI is InChI=1S/C29H23ClN2O3/c1-19-7-9-21-5-3-4-6-25(21)26(19)18-35-28-14-8-20(16-27(28)30)15-22(17-31)29(33)32-23-10-12-24(34-2)13-11-23/h3-16H,18H2,1-2H3,(H,32,33)/b22-15+. The fourth-order valence-corrected chi connectivity index (χ4v) is 3.94. The summed E-state index contributed by atoms with van der Waals surface area (Å²) < 4.78 is 11.1. The van der Waals surface area contributed by atoms with Gasteiger partial charge in [-0.15, -0.1) is 0 Å². The van der Waals surface area contributed by atoms with Crippen LogP contribution in [0, 0.1) is 18.3 Å². The topological polar surface area (TPSA) is 71.3 Å². The summed E-state index contributed by atoms with van der Waals surface area (Å²) in [7, 11) is 1.57. The van der Waals surface area contributed by atoms with E-state index < -0.39 is 5.91 Å². The molecule has 0 aliphatic carbocycles. The molecule has 5 nitrogen and oxygen atoms in total. The number of aryl methyl sites for hydroxylation is 1. The van der Waals surface area contributed by atoms with Gasteiger partial charge in [-0.25, -0.2) is 0 Å². The Kier molecular flexibility index (Phi) is 7.35. The van der Waals surface area contributed by atoms with Gasteiger partial charge in [0.05, 0.1) is 12.1 Å². The molecule has 4 aromatic carbocycles. The molecule has 0 aliphatic rings. The molecule has 4 aromatic rings. The lowest BCUT2D eigenvalue weighted by Crippen LogP contribution is -2.13. The zero-order valence-electron chi connectivity index (χ0n) is 19.3. The Hall–Kier alpha value is -4.27. The van der Waals surface area contributed by atoms with Crippen LogP contribution in [0.4, 0.5) is 5.69 Å². The Balaban J connectivity index is 1.48. The maximum atomic E-state index is 12.6. The van der Waals surface area contributed by atoms with Gasteiger partial charge in [0.15, 0.2) is 0 Å². The van der Waals surface area contributed by atoms with Crippen LogP contribution in [0.1, 0.15) is 16.7 Å². The molecule has 1 N–H and O–H groups in total. The average Bonchev–Trinajstić information content (AvgIpc) is 2.88. The third kappa shape index (κ3) is 5.63. The first-order valence-corrected chi connectivity index (χ1v) is 11.3. The van der Waals surface area contributed by atoms with Gasteiger partial charge in [-0.2, -0.15) is 5.26 Å². The van der Waals surface area contributed by atoms with Crippen molar-refractivity contribution in [1.82, 2.24) is 0 Å². The number of methoxy groups -OCH3 is 1. The van der Waals surface area contributed by atoms with Crippen LogP contribution in [0.3, 0.4) is 0 Å². The highest BCUT2D eigenvalue weighted by molar-refractivity contribution is 6.32. The number of nitrogens with one attached hydrogen (secondary N) is 1. The number of carbonyl (C=O) groups is 1. The lowest BCUT2D eigenvalue weighted by Gasteiger charge is -2.13. The predicted octanol–water partition coefficient (Wildman–Crippen LogP) is 6.93. The number of benzene rings is 4.